The third-order valence-corrected chi connectivity index (χ3v) is 9.68. The van der Waals surface area contributed by atoms with Gasteiger partial charge < -0.3 is 9.13 Å². The first-order valence-electron chi connectivity index (χ1n) is 25.1. The predicted molar refractivity (Wildman–Crippen MR) is 230 cm³/mol. The fourth-order valence-corrected chi connectivity index (χ4v) is 7.10. The van der Waals surface area contributed by atoms with Crippen molar-refractivity contribution < 1.29 is 20.6 Å². The fraction of sp³-hybridized carbons (Fsp3) is 0. The van der Waals surface area contributed by atoms with Gasteiger partial charge in [0.05, 0.1) is 42.6 Å². The number of hydrogen-bond donors (Lipinski definition) is 0. The zero-order valence-corrected chi connectivity index (χ0v) is 29.1. The maximum atomic E-state index is 9.94. The molecule has 56 heavy (non-hydrogen) atoms. The van der Waals surface area contributed by atoms with Crippen LogP contribution in [0.4, 0.5) is 0 Å². The Hall–Kier alpha value is -7.63. The van der Waals surface area contributed by atoms with Crippen LogP contribution < -0.4 is 0 Å². The number of fused-ring (bicyclic) bond motifs is 6. The number of rotatable bonds is 6. The van der Waals surface area contributed by atoms with Crippen LogP contribution >= 0.6 is 0 Å². The van der Waals surface area contributed by atoms with E-state index in [0.29, 0.717) is 28.3 Å². The average molecular weight is 731 g/mol. The van der Waals surface area contributed by atoms with Gasteiger partial charge in [-0.15, -0.1) is 0 Å². The Morgan fingerprint density at radius 1 is 0.339 bits per heavy atom. The normalized spacial score (nSPS) is 15.3. The van der Waals surface area contributed by atoms with Crippen molar-refractivity contribution in [2.24, 2.45) is 0 Å². The zero-order valence-electron chi connectivity index (χ0n) is 44.1. The summed E-state index contributed by atoms with van der Waals surface area (Å²) < 4.78 is 138. The maximum Gasteiger partial charge on any atom is 0.164 e. The molecule has 0 atom stereocenters. The Bertz CT molecular complexity index is 4020. The fourth-order valence-electron chi connectivity index (χ4n) is 7.10. The lowest BCUT2D eigenvalue weighted by atomic mass is 10.0. The molecule has 0 fully saturated rings. The first-order valence-corrected chi connectivity index (χ1v) is 17.6. The number of para-hydroxylation sites is 3. The van der Waals surface area contributed by atoms with Crippen LogP contribution in [0.2, 0.25) is 0 Å². The number of benzene rings is 8. The van der Waals surface area contributed by atoms with Gasteiger partial charge in [-0.2, -0.15) is 0 Å². The minimum atomic E-state index is -0.722. The Kier molecular flexibility index (Phi) is 4.70. The molecule has 0 bridgehead atoms. The Morgan fingerprint density at radius 2 is 0.768 bits per heavy atom. The summed E-state index contributed by atoms with van der Waals surface area (Å²) in [6.07, 6.45) is 0. The van der Waals surface area contributed by atoms with Crippen molar-refractivity contribution in [2.75, 3.05) is 0 Å². The molecule has 0 aliphatic rings. The molecule has 11 aromatic rings. The molecule has 0 aliphatic heterocycles. The van der Waals surface area contributed by atoms with E-state index in [1.165, 1.54) is 4.57 Å². The monoisotopic (exact) mass is 730 g/mol. The summed E-state index contributed by atoms with van der Waals surface area (Å²) in [7, 11) is 0. The molecule has 0 spiro atoms. The van der Waals surface area contributed by atoms with Crippen LogP contribution in [0.3, 0.4) is 0 Å². The van der Waals surface area contributed by atoms with Crippen LogP contribution in [-0.4, -0.2) is 24.1 Å². The van der Waals surface area contributed by atoms with E-state index in [-0.39, 0.29) is 55.1 Å². The molecule has 8 aromatic carbocycles. The van der Waals surface area contributed by atoms with Crippen molar-refractivity contribution in [3.63, 3.8) is 0 Å². The highest BCUT2D eigenvalue weighted by Crippen LogP contribution is 2.37. The topological polar surface area (TPSA) is 48.5 Å². The van der Waals surface area contributed by atoms with Gasteiger partial charge in [0, 0.05) is 49.6 Å². The molecule has 3 aromatic heterocycles. The highest BCUT2D eigenvalue weighted by Gasteiger charge is 2.18. The molecule has 0 aliphatic carbocycles. The van der Waals surface area contributed by atoms with Gasteiger partial charge in [0.15, 0.2) is 17.5 Å². The van der Waals surface area contributed by atoms with Crippen molar-refractivity contribution >= 4 is 43.6 Å². The van der Waals surface area contributed by atoms with Gasteiger partial charge in [0.1, 0.15) is 0 Å². The first kappa shape index (κ1) is 20.2. The second-order valence-electron chi connectivity index (χ2n) is 13.0. The van der Waals surface area contributed by atoms with Crippen LogP contribution in [0.1, 0.15) is 20.6 Å². The summed E-state index contributed by atoms with van der Waals surface area (Å²) in [5.41, 5.74) is 2.53. The molecule has 3 heterocycles. The molecule has 5 nitrogen and oxygen atoms in total. The smallest absolute Gasteiger partial charge is 0.164 e. The second-order valence-corrected chi connectivity index (χ2v) is 13.0. The standard InChI is InChI=1S/C51H33N5/c1-3-14-34(15-4-1)35-26-28-37(29-27-35)50-52-49(36-16-5-2-6-17-36)53-51(54-50)38-18-13-19-39(32-38)55-47-25-12-9-22-43(47)44-33-40(30-31-48(44)55)56-45-23-10-7-20-41(45)42-21-8-11-24-46(42)56/h1-33H/i7D,8D,9D,10D,11D,12D,20D,21D,22D,23D,24D,25D,30D,31D,33D. The zero-order chi connectivity index (χ0) is 50.1. The van der Waals surface area contributed by atoms with Gasteiger partial charge in [-0.05, 0) is 59.5 Å². The molecular weight excluding hydrogens is 683 g/mol. The van der Waals surface area contributed by atoms with Crippen LogP contribution in [0.5, 0.6) is 0 Å². The lowest BCUT2D eigenvalue weighted by Crippen LogP contribution is -2.01. The molecule has 0 saturated heterocycles. The number of nitrogens with zero attached hydrogens (tertiary/aromatic N) is 5. The van der Waals surface area contributed by atoms with E-state index in [1.807, 2.05) is 84.9 Å². The number of hydrogen-bond acceptors (Lipinski definition) is 3. The highest BCUT2D eigenvalue weighted by molar-refractivity contribution is 6.12. The van der Waals surface area contributed by atoms with Crippen LogP contribution in [0.25, 0.3) is 100 Å². The summed E-state index contributed by atoms with van der Waals surface area (Å²) in [5, 5.41) is -1.03. The first-order chi connectivity index (χ1) is 34.0. The molecule has 0 N–H and O–H groups in total. The van der Waals surface area contributed by atoms with Crippen LogP contribution in [0, 0.1) is 0 Å². The SMILES string of the molecule is [2H]c1c([2H])c([2H])c2c(c1[2H])c1c([2H])c(-n3c4c([2H])c([2H])c([2H])c([2H])c4c4c([2H])c([2H])c([2H])c([2H])c43)c([2H])c([2H])c1n2-c1cccc(-c2nc(-c3ccccc3)nc(-c3ccc(-c4ccccc4)cc3)n2)c1. The van der Waals surface area contributed by atoms with E-state index >= 15 is 0 Å². The maximum absolute atomic E-state index is 9.94. The van der Waals surface area contributed by atoms with Gasteiger partial charge in [0.25, 0.3) is 0 Å². The van der Waals surface area contributed by atoms with Gasteiger partial charge in [-0.1, -0.05) is 151 Å². The quantitative estimate of drug-likeness (QED) is 0.171. The Morgan fingerprint density at radius 3 is 1.38 bits per heavy atom. The van der Waals surface area contributed by atoms with Gasteiger partial charge in [-0.3, -0.25) is 0 Å². The highest BCUT2D eigenvalue weighted by atomic mass is 15.0. The Labute approximate surface area is 344 Å². The van der Waals surface area contributed by atoms with E-state index in [0.717, 1.165) is 15.7 Å². The minimum absolute atomic E-state index is 0.146. The van der Waals surface area contributed by atoms with E-state index in [2.05, 4.69) is 0 Å². The van der Waals surface area contributed by atoms with E-state index in [4.69, 9.17) is 28.7 Å². The van der Waals surface area contributed by atoms with Crippen LogP contribution in [0.15, 0.2) is 200 Å². The summed E-state index contributed by atoms with van der Waals surface area (Å²) in [6, 6.07) is 24.0. The van der Waals surface area contributed by atoms with Crippen molar-refractivity contribution in [1.82, 2.24) is 24.1 Å². The summed E-state index contributed by atoms with van der Waals surface area (Å²) in [6.45, 7) is 0. The van der Waals surface area contributed by atoms with E-state index in [1.54, 1.807) is 24.3 Å². The van der Waals surface area contributed by atoms with Gasteiger partial charge >= 0.3 is 0 Å². The summed E-state index contributed by atoms with van der Waals surface area (Å²) in [4.78, 5) is 14.7. The van der Waals surface area contributed by atoms with Gasteiger partial charge in [0.2, 0.25) is 0 Å². The van der Waals surface area contributed by atoms with Crippen molar-refractivity contribution in [1.29, 1.82) is 0 Å². The largest absolute Gasteiger partial charge is 0.309 e. The molecule has 5 heteroatoms. The van der Waals surface area contributed by atoms with Crippen LogP contribution in [-0.2, 0) is 0 Å². The van der Waals surface area contributed by atoms with E-state index in [9.17, 15) is 6.85 Å². The average Bonchev–Trinajstić information content (AvgIpc) is 3.95. The molecular formula is C51H33N5. The van der Waals surface area contributed by atoms with Crippen molar-refractivity contribution in [3.05, 3.63) is 200 Å². The van der Waals surface area contributed by atoms with Crippen molar-refractivity contribution in [2.45, 2.75) is 0 Å². The Balaban J connectivity index is 1.20. The summed E-state index contributed by atoms with van der Waals surface area (Å²) >= 11 is 0. The second kappa shape index (κ2) is 13.0. The van der Waals surface area contributed by atoms with Gasteiger partial charge in [-0.25, -0.2) is 15.0 Å². The lowest BCUT2D eigenvalue weighted by Gasteiger charge is -2.12. The van der Waals surface area contributed by atoms with E-state index < -0.39 is 96.3 Å². The predicted octanol–water partition coefficient (Wildman–Crippen LogP) is 12.7. The molecule has 0 saturated carbocycles. The van der Waals surface area contributed by atoms with Crippen molar-refractivity contribution in [3.8, 4) is 56.7 Å². The third-order valence-electron chi connectivity index (χ3n) is 9.68. The summed E-state index contributed by atoms with van der Waals surface area (Å²) in [5.74, 6) is 0.970. The minimum Gasteiger partial charge on any atom is -0.309 e. The molecule has 0 unspecified atom stereocenters. The molecule has 0 amide bonds. The number of aromatic nitrogens is 5. The third kappa shape index (κ3) is 5.29. The lowest BCUT2D eigenvalue weighted by molar-refractivity contribution is 1.07. The molecule has 0 radical (unpaired) electrons. The molecule has 11 rings (SSSR count). The molecule has 262 valence electrons.